The van der Waals surface area contributed by atoms with Crippen LogP contribution in [-0.2, 0) is 14.3 Å². The molecule has 0 saturated carbocycles. The van der Waals surface area contributed by atoms with E-state index in [-0.39, 0.29) is 12.5 Å². The number of hydrogen-bond donors (Lipinski definition) is 1. The molecule has 58 valence electrons. The summed E-state index contributed by atoms with van der Waals surface area (Å²) in [6, 6.07) is 0. The average molecular weight is 145 g/mol. The summed E-state index contributed by atoms with van der Waals surface area (Å²) in [6.07, 6.45) is 0. The van der Waals surface area contributed by atoms with Gasteiger partial charge in [0.15, 0.2) is 5.60 Å². The molecule has 0 aromatic heterocycles. The Labute approximate surface area is 59.3 Å². The lowest BCUT2D eigenvalue weighted by atomic mass is 10.1. The van der Waals surface area contributed by atoms with Crippen molar-refractivity contribution < 1.29 is 14.3 Å². The molecular formula is C6H11NO3. The highest BCUT2D eigenvalue weighted by molar-refractivity contribution is 5.71. The minimum atomic E-state index is -0.406. The fraction of sp³-hybridized carbons (Fsp3) is 0.833. The number of rotatable bonds is 2. The van der Waals surface area contributed by atoms with Crippen LogP contribution in [0.3, 0.4) is 0 Å². The smallest absolute Gasteiger partial charge is 0.320 e. The number of nitrogens with two attached hydrogens (primary N) is 1. The van der Waals surface area contributed by atoms with Gasteiger partial charge in [-0.25, -0.2) is 0 Å². The first kappa shape index (κ1) is 7.50. The summed E-state index contributed by atoms with van der Waals surface area (Å²) in [5.74, 6) is -0.370. The van der Waals surface area contributed by atoms with E-state index in [9.17, 15) is 4.79 Å². The Morgan fingerprint density at radius 2 is 2.40 bits per heavy atom. The second-order valence-electron chi connectivity index (χ2n) is 2.62. The van der Waals surface area contributed by atoms with Gasteiger partial charge in [0.25, 0.3) is 0 Å². The first-order valence-corrected chi connectivity index (χ1v) is 3.16. The van der Waals surface area contributed by atoms with Crippen LogP contribution in [0.5, 0.6) is 0 Å². The number of carbonyl (C=O) groups excluding carboxylic acids is 1. The normalized spacial score (nSPS) is 21.4. The van der Waals surface area contributed by atoms with E-state index < -0.39 is 5.60 Å². The average Bonchev–Trinajstić information content (AvgIpc) is 1.84. The molecule has 1 fully saturated rings. The van der Waals surface area contributed by atoms with Crippen LogP contribution in [-0.4, -0.2) is 31.3 Å². The van der Waals surface area contributed by atoms with Crippen molar-refractivity contribution in [3.05, 3.63) is 0 Å². The van der Waals surface area contributed by atoms with Gasteiger partial charge in [0.1, 0.15) is 0 Å². The lowest BCUT2D eigenvalue weighted by Crippen LogP contribution is -2.51. The first-order chi connectivity index (χ1) is 4.66. The molecule has 0 aromatic rings. The molecule has 0 atom stereocenters. The quantitative estimate of drug-likeness (QED) is 0.521. The number of esters is 1. The Hall–Kier alpha value is -0.610. The summed E-state index contributed by atoms with van der Waals surface area (Å²) < 4.78 is 9.80. The molecule has 2 N–H and O–H groups in total. The molecule has 0 amide bonds. The molecular weight excluding hydrogens is 134 g/mol. The zero-order valence-electron chi connectivity index (χ0n) is 5.92. The minimum absolute atomic E-state index is 0.0599. The third-order valence-corrected chi connectivity index (χ3v) is 1.34. The summed E-state index contributed by atoms with van der Waals surface area (Å²) in [6.45, 7) is 2.73. The fourth-order valence-corrected chi connectivity index (χ4v) is 0.765. The summed E-state index contributed by atoms with van der Waals surface area (Å²) in [4.78, 5) is 10.6. The molecule has 0 aromatic carbocycles. The summed E-state index contributed by atoms with van der Waals surface area (Å²) >= 11 is 0. The van der Waals surface area contributed by atoms with Gasteiger partial charge < -0.3 is 15.2 Å². The van der Waals surface area contributed by atoms with Crippen LogP contribution in [0.15, 0.2) is 0 Å². The van der Waals surface area contributed by atoms with Crippen LogP contribution in [0.2, 0.25) is 0 Å². The van der Waals surface area contributed by atoms with Crippen LogP contribution in [0.25, 0.3) is 0 Å². The first-order valence-electron chi connectivity index (χ1n) is 3.16. The molecule has 4 heteroatoms. The van der Waals surface area contributed by atoms with E-state index in [1.54, 1.807) is 0 Å². The lowest BCUT2D eigenvalue weighted by Gasteiger charge is -2.36. The number of carbonyl (C=O) groups is 1. The van der Waals surface area contributed by atoms with Gasteiger partial charge in [0.2, 0.25) is 0 Å². The van der Waals surface area contributed by atoms with Crippen LogP contribution < -0.4 is 5.73 Å². The van der Waals surface area contributed by atoms with Crippen molar-refractivity contribution in [2.75, 3.05) is 19.8 Å². The molecule has 1 rings (SSSR count). The van der Waals surface area contributed by atoms with Crippen molar-refractivity contribution in [1.29, 1.82) is 0 Å². The van der Waals surface area contributed by atoms with Gasteiger partial charge in [-0.2, -0.15) is 0 Å². The van der Waals surface area contributed by atoms with E-state index in [1.165, 1.54) is 0 Å². The summed E-state index contributed by atoms with van der Waals surface area (Å²) in [5.41, 5.74) is 4.64. The molecule has 0 spiro atoms. The molecule has 0 aliphatic carbocycles. The maximum absolute atomic E-state index is 10.6. The van der Waals surface area contributed by atoms with E-state index >= 15 is 0 Å². The van der Waals surface area contributed by atoms with Crippen molar-refractivity contribution in [3.63, 3.8) is 0 Å². The fourth-order valence-electron chi connectivity index (χ4n) is 0.765. The zero-order chi connectivity index (χ0) is 7.61. The Morgan fingerprint density at radius 1 is 1.80 bits per heavy atom. The molecule has 0 unspecified atom stereocenters. The molecule has 0 radical (unpaired) electrons. The van der Waals surface area contributed by atoms with E-state index in [0.29, 0.717) is 13.2 Å². The molecule has 1 heterocycles. The Morgan fingerprint density at radius 3 is 2.70 bits per heavy atom. The lowest BCUT2D eigenvalue weighted by molar-refractivity contribution is -0.204. The molecule has 4 nitrogen and oxygen atoms in total. The topological polar surface area (TPSA) is 61.5 Å². The Kier molecular flexibility index (Phi) is 1.92. The number of hydrogen-bond acceptors (Lipinski definition) is 4. The van der Waals surface area contributed by atoms with Gasteiger partial charge in [-0.3, -0.25) is 4.79 Å². The maximum Gasteiger partial charge on any atom is 0.320 e. The predicted molar refractivity (Wildman–Crippen MR) is 34.4 cm³/mol. The standard InChI is InChI=1S/C6H11NO3/c1-6(3-9-4-6)10-5(8)2-7/h2-4,7H2,1H3. The third-order valence-electron chi connectivity index (χ3n) is 1.34. The summed E-state index contributed by atoms with van der Waals surface area (Å²) in [5, 5.41) is 0. The van der Waals surface area contributed by atoms with Crippen molar-refractivity contribution in [3.8, 4) is 0 Å². The molecule has 0 bridgehead atoms. The maximum atomic E-state index is 10.6. The second-order valence-corrected chi connectivity index (χ2v) is 2.62. The third kappa shape index (κ3) is 1.46. The SMILES string of the molecule is CC1(OC(=O)CN)COC1. The highest BCUT2D eigenvalue weighted by Crippen LogP contribution is 2.20. The monoisotopic (exact) mass is 145 g/mol. The van der Waals surface area contributed by atoms with Crippen LogP contribution >= 0.6 is 0 Å². The number of ether oxygens (including phenoxy) is 2. The van der Waals surface area contributed by atoms with Gasteiger partial charge in [-0.05, 0) is 6.92 Å². The van der Waals surface area contributed by atoms with Crippen LogP contribution in [0.4, 0.5) is 0 Å². The largest absolute Gasteiger partial charge is 0.453 e. The van der Waals surface area contributed by atoms with E-state index in [1.807, 2.05) is 6.92 Å². The van der Waals surface area contributed by atoms with Crippen molar-refractivity contribution >= 4 is 5.97 Å². The predicted octanol–water partition coefficient (Wildman–Crippen LogP) is -0.723. The van der Waals surface area contributed by atoms with Gasteiger partial charge in [0.05, 0.1) is 19.8 Å². The van der Waals surface area contributed by atoms with E-state index in [4.69, 9.17) is 15.2 Å². The zero-order valence-corrected chi connectivity index (χ0v) is 5.92. The molecule has 1 saturated heterocycles. The second kappa shape index (κ2) is 2.56. The molecule has 10 heavy (non-hydrogen) atoms. The van der Waals surface area contributed by atoms with E-state index in [0.717, 1.165) is 0 Å². The van der Waals surface area contributed by atoms with Gasteiger partial charge in [-0.1, -0.05) is 0 Å². The highest BCUT2D eigenvalue weighted by atomic mass is 16.6. The molecule has 1 aliphatic heterocycles. The van der Waals surface area contributed by atoms with Gasteiger partial charge in [0, 0.05) is 0 Å². The highest BCUT2D eigenvalue weighted by Gasteiger charge is 2.36. The van der Waals surface area contributed by atoms with Crippen molar-refractivity contribution in [2.24, 2.45) is 5.73 Å². The minimum Gasteiger partial charge on any atom is -0.453 e. The van der Waals surface area contributed by atoms with Crippen molar-refractivity contribution in [1.82, 2.24) is 0 Å². The van der Waals surface area contributed by atoms with Gasteiger partial charge >= 0.3 is 5.97 Å². The van der Waals surface area contributed by atoms with E-state index in [2.05, 4.69) is 0 Å². The Bertz CT molecular complexity index is 142. The van der Waals surface area contributed by atoms with Crippen LogP contribution in [0.1, 0.15) is 6.92 Å². The van der Waals surface area contributed by atoms with Crippen LogP contribution in [0, 0.1) is 0 Å². The summed E-state index contributed by atoms with van der Waals surface area (Å²) in [7, 11) is 0. The van der Waals surface area contributed by atoms with Gasteiger partial charge in [-0.15, -0.1) is 0 Å². The molecule has 1 aliphatic rings. The van der Waals surface area contributed by atoms with Crippen molar-refractivity contribution in [2.45, 2.75) is 12.5 Å². The Balaban J connectivity index is 2.29.